The Bertz CT molecular complexity index is 1160. The highest BCUT2D eigenvalue weighted by atomic mass is 19.2. The lowest BCUT2D eigenvalue weighted by Gasteiger charge is -2.23. The molecule has 4 rings (SSSR count). The first-order valence-electron chi connectivity index (χ1n) is 10.8. The van der Waals surface area contributed by atoms with Crippen LogP contribution in [0.1, 0.15) is 54.5 Å². The largest absolute Gasteiger partial charge is 0.486 e. The fourth-order valence-corrected chi connectivity index (χ4v) is 3.95. The first kappa shape index (κ1) is 22.2. The maximum Gasteiger partial charge on any atom is 0.205 e. The van der Waals surface area contributed by atoms with E-state index in [9.17, 15) is 17.6 Å². The van der Waals surface area contributed by atoms with Crippen molar-refractivity contribution < 1.29 is 27.0 Å². The second kappa shape index (κ2) is 9.23. The van der Waals surface area contributed by atoms with Crippen LogP contribution in [0.25, 0.3) is 0 Å². The number of rotatable bonds is 7. The molecule has 0 N–H and O–H groups in total. The maximum absolute atomic E-state index is 14.8. The van der Waals surface area contributed by atoms with Gasteiger partial charge >= 0.3 is 0 Å². The maximum atomic E-state index is 14.8. The van der Waals surface area contributed by atoms with Gasteiger partial charge < -0.3 is 9.47 Å². The average Bonchev–Trinajstić information content (AvgIpc) is 2.78. The van der Waals surface area contributed by atoms with E-state index in [0.717, 1.165) is 24.8 Å². The van der Waals surface area contributed by atoms with Gasteiger partial charge in [0.15, 0.2) is 23.1 Å². The van der Waals surface area contributed by atoms with Crippen LogP contribution in [-0.2, 0) is 25.9 Å². The van der Waals surface area contributed by atoms with E-state index in [1.54, 1.807) is 24.3 Å². The van der Waals surface area contributed by atoms with E-state index >= 15 is 0 Å². The number of benzene rings is 3. The minimum atomic E-state index is -1.25. The van der Waals surface area contributed by atoms with Crippen LogP contribution in [0.3, 0.4) is 0 Å². The fraction of sp³-hybridized carbons (Fsp3) is 0.308. The van der Waals surface area contributed by atoms with Crippen molar-refractivity contribution in [3.8, 4) is 17.2 Å². The smallest absolute Gasteiger partial charge is 0.205 e. The van der Waals surface area contributed by atoms with Crippen LogP contribution >= 0.6 is 0 Å². The van der Waals surface area contributed by atoms with Crippen LogP contribution in [0.5, 0.6) is 17.2 Å². The SMILES string of the molecule is CCCc1ccc(COc2cc3c(c(F)c2F)Oc2c(ccc(CCC)c2F)C3)c(F)c1. The topological polar surface area (TPSA) is 18.5 Å². The Balaban J connectivity index is 1.59. The minimum absolute atomic E-state index is 0.0651. The van der Waals surface area contributed by atoms with Gasteiger partial charge in [0, 0.05) is 23.1 Å². The van der Waals surface area contributed by atoms with Crippen LogP contribution in [0.15, 0.2) is 36.4 Å². The van der Waals surface area contributed by atoms with E-state index in [2.05, 4.69) is 0 Å². The molecule has 0 bridgehead atoms. The van der Waals surface area contributed by atoms with Crippen LogP contribution in [0.4, 0.5) is 17.6 Å². The zero-order valence-electron chi connectivity index (χ0n) is 18.0. The quantitative estimate of drug-likeness (QED) is 0.276. The third-order valence-electron chi connectivity index (χ3n) is 5.61. The lowest BCUT2D eigenvalue weighted by molar-refractivity contribution is 0.275. The highest BCUT2D eigenvalue weighted by Crippen LogP contribution is 2.43. The molecule has 2 nitrogen and oxygen atoms in total. The molecule has 0 fully saturated rings. The Morgan fingerprint density at radius 2 is 1.50 bits per heavy atom. The predicted octanol–water partition coefficient (Wildman–Crippen LogP) is 7.42. The Morgan fingerprint density at radius 3 is 2.22 bits per heavy atom. The van der Waals surface area contributed by atoms with Gasteiger partial charge in [0.1, 0.15) is 12.4 Å². The molecule has 0 unspecified atom stereocenters. The Hall–Kier alpha value is -3.02. The molecule has 0 saturated heterocycles. The van der Waals surface area contributed by atoms with E-state index < -0.39 is 23.3 Å². The Morgan fingerprint density at radius 1 is 0.781 bits per heavy atom. The number of fused-ring (bicyclic) bond motifs is 2. The van der Waals surface area contributed by atoms with Crippen molar-refractivity contribution in [2.45, 2.75) is 52.6 Å². The van der Waals surface area contributed by atoms with E-state index in [1.165, 1.54) is 12.1 Å². The molecule has 0 atom stereocenters. The molecule has 168 valence electrons. The van der Waals surface area contributed by atoms with Gasteiger partial charge in [-0.2, -0.15) is 8.78 Å². The van der Waals surface area contributed by atoms with Crippen molar-refractivity contribution in [1.82, 2.24) is 0 Å². The highest BCUT2D eigenvalue weighted by molar-refractivity contribution is 5.54. The summed E-state index contributed by atoms with van der Waals surface area (Å²) in [6.07, 6.45) is 3.09. The van der Waals surface area contributed by atoms with Crippen molar-refractivity contribution in [3.63, 3.8) is 0 Å². The van der Waals surface area contributed by atoms with E-state index in [4.69, 9.17) is 9.47 Å². The van der Waals surface area contributed by atoms with E-state index in [1.807, 2.05) is 13.8 Å². The van der Waals surface area contributed by atoms with Crippen LogP contribution in [-0.4, -0.2) is 0 Å². The third kappa shape index (κ3) is 4.18. The first-order chi connectivity index (χ1) is 15.4. The predicted molar refractivity (Wildman–Crippen MR) is 114 cm³/mol. The molecule has 6 heteroatoms. The summed E-state index contributed by atoms with van der Waals surface area (Å²) in [6.45, 7) is 3.68. The molecule has 32 heavy (non-hydrogen) atoms. The molecule has 1 aliphatic heterocycles. The summed E-state index contributed by atoms with van der Waals surface area (Å²) in [4.78, 5) is 0. The van der Waals surface area contributed by atoms with Gasteiger partial charge in [-0.15, -0.1) is 0 Å². The summed E-state index contributed by atoms with van der Waals surface area (Å²) in [5.41, 5.74) is 2.47. The molecular weight excluding hydrogens is 420 g/mol. The lowest BCUT2D eigenvalue weighted by atomic mass is 9.97. The lowest BCUT2D eigenvalue weighted by Crippen LogP contribution is -2.11. The molecule has 0 spiro atoms. The zero-order chi connectivity index (χ0) is 22.8. The summed E-state index contributed by atoms with van der Waals surface area (Å²) >= 11 is 0. The second-order valence-corrected chi connectivity index (χ2v) is 8.01. The molecule has 3 aromatic rings. The summed E-state index contributed by atoms with van der Waals surface area (Å²) in [5.74, 6) is -4.24. The van der Waals surface area contributed by atoms with Crippen molar-refractivity contribution >= 4 is 0 Å². The summed E-state index contributed by atoms with van der Waals surface area (Å²) in [5, 5.41) is 0. The molecule has 1 heterocycles. The molecule has 0 aromatic heterocycles. The number of ether oxygens (including phenoxy) is 2. The first-order valence-corrected chi connectivity index (χ1v) is 10.8. The Labute approximate surface area is 184 Å². The number of hydrogen-bond acceptors (Lipinski definition) is 2. The van der Waals surface area contributed by atoms with Gasteiger partial charge in [0.2, 0.25) is 11.6 Å². The number of halogens is 4. The van der Waals surface area contributed by atoms with E-state index in [0.29, 0.717) is 23.1 Å². The van der Waals surface area contributed by atoms with Crippen molar-refractivity contribution in [2.24, 2.45) is 0 Å². The normalized spacial score (nSPS) is 12.2. The monoisotopic (exact) mass is 444 g/mol. The number of hydrogen-bond donors (Lipinski definition) is 0. The minimum Gasteiger partial charge on any atom is -0.486 e. The van der Waals surface area contributed by atoms with E-state index in [-0.39, 0.29) is 35.8 Å². The second-order valence-electron chi connectivity index (χ2n) is 8.01. The van der Waals surface area contributed by atoms with Gasteiger partial charge in [-0.05, 0) is 36.1 Å². The van der Waals surface area contributed by atoms with Crippen LogP contribution in [0, 0.1) is 23.3 Å². The molecular formula is C26H24F4O2. The molecule has 0 radical (unpaired) electrons. The fourth-order valence-electron chi connectivity index (χ4n) is 3.95. The van der Waals surface area contributed by atoms with Crippen molar-refractivity contribution in [1.29, 1.82) is 0 Å². The average molecular weight is 444 g/mol. The standard InChI is InChI=1S/C26H24F4O2/c1-3-5-15-7-8-18(20(27)11-15)14-31-21-13-19-12-17-10-9-16(6-4-2)22(28)25(17)32-26(19)24(30)23(21)29/h7-11,13H,3-6,12,14H2,1-2H3. The van der Waals surface area contributed by atoms with Gasteiger partial charge in [-0.1, -0.05) is 51.0 Å². The zero-order valence-corrected chi connectivity index (χ0v) is 18.0. The molecule has 3 aromatic carbocycles. The van der Waals surface area contributed by atoms with Gasteiger partial charge in [-0.3, -0.25) is 0 Å². The number of aryl methyl sites for hydroxylation is 2. The van der Waals surface area contributed by atoms with Crippen molar-refractivity contribution in [2.75, 3.05) is 0 Å². The molecule has 0 amide bonds. The van der Waals surface area contributed by atoms with Crippen LogP contribution in [0.2, 0.25) is 0 Å². The summed E-state index contributed by atoms with van der Waals surface area (Å²) < 4.78 is 69.4. The summed E-state index contributed by atoms with van der Waals surface area (Å²) in [7, 11) is 0. The van der Waals surface area contributed by atoms with Crippen molar-refractivity contribution in [3.05, 3.63) is 87.5 Å². The van der Waals surface area contributed by atoms with Gasteiger partial charge in [-0.25, -0.2) is 8.78 Å². The van der Waals surface area contributed by atoms with Gasteiger partial charge in [0.05, 0.1) is 0 Å². The van der Waals surface area contributed by atoms with Gasteiger partial charge in [0.25, 0.3) is 0 Å². The highest BCUT2D eigenvalue weighted by Gasteiger charge is 2.29. The molecule has 0 saturated carbocycles. The molecule has 1 aliphatic rings. The summed E-state index contributed by atoms with van der Waals surface area (Å²) in [6, 6.07) is 9.57. The third-order valence-corrected chi connectivity index (χ3v) is 5.61. The Kier molecular flexibility index (Phi) is 6.40. The molecule has 0 aliphatic carbocycles. The van der Waals surface area contributed by atoms with Crippen LogP contribution < -0.4 is 9.47 Å².